The fourth-order valence-corrected chi connectivity index (χ4v) is 0. The van der Waals surface area contributed by atoms with E-state index in [4.69, 9.17) is 0 Å². The largest absolute Gasteiger partial charge is 0 e. The van der Waals surface area contributed by atoms with E-state index in [1.54, 1.807) is 0 Å². The number of hydrogen-bond acceptors (Lipinski definition) is 0. The summed E-state index contributed by atoms with van der Waals surface area (Å²) in [5.41, 5.74) is 0. The van der Waals surface area contributed by atoms with Crippen molar-refractivity contribution in [1.29, 1.82) is 0 Å². The third kappa shape index (κ3) is 8.85. The van der Waals surface area contributed by atoms with Gasteiger partial charge in [-0.3, -0.25) is 0 Å². The van der Waals surface area contributed by atoms with Gasteiger partial charge in [0.05, 0.1) is 0 Å². The second-order valence-electron chi connectivity index (χ2n) is 0. The molecule has 0 aliphatic rings. The van der Waals surface area contributed by atoms with Gasteiger partial charge in [-0.2, -0.15) is 0 Å². The Balaban J connectivity index is 0. The van der Waals surface area contributed by atoms with E-state index >= 15 is 0 Å². The van der Waals surface area contributed by atoms with Crippen molar-refractivity contribution >= 4 is 9.90 Å². The van der Waals surface area contributed by atoms with Crippen molar-refractivity contribution in [3.8, 4) is 0 Å². The zero-order chi connectivity index (χ0) is 0. The van der Waals surface area contributed by atoms with Crippen LogP contribution in [0.4, 0.5) is 0 Å². The quantitative estimate of drug-likeness (QED) is 0.430. The van der Waals surface area contributed by atoms with Gasteiger partial charge >= 0.3 is 0 Å². The van der Waals surface area contributed by atoms with Crippen molar-refractivity contribution in [3.63, 3.8) is 0 Å². The van der Waals surface area contributed by atoms with Gasteiger partial charge in [0.2, 0.25) is 0 Å². The van der Waals surface area contributed by atoms with Crippen molar-refractivity contribution in [2.75, 3.05) is 0 Å². The van der Waals surface area contributed by atoms with Gasteiger partial charge in [0.15, 0.2) is 0 Å². The van der Waals surface area contributed by atoms with Gasteiger partial charge in [-0.05, 0) is 0 Å². The maximum absolute atomic E-state index is 0. The van der Waals surface area contributed by atoms with Crippen LogP contribution in [0.2, 0.25) is 0 Å². The molecule has 0 aromatic carbocycles. The predicted octanol–water partition coefficient (Wildman–Crippen LogP) is 0.854. The van der Waals surface area contributed by atoms with Crippen LogP contribution in [0.3, 0.4) is 0 Å². The summed E-state index contributed by atoms with van der Waals surface area (Å²) in [6, 6.07) is 0. The monoisotopic (exact) mass is 235 g/mol. The molecule has 0 aromatic rings. The van der Waals surface area contributed by atoms with Crippen LogP contribution in [0.1, 0.15) is 0 Å². The van der Waals surface area contributed by atoms with Crippen LogP contribution in [-0.2, 0) is 59.3 Å². The zero-order valence-electron chi connectivity index (χ0n) is 1.67. The Morgan fingerprint density at radius 2 is 1.00 bits per heavy atom. The third-order valence-electron chi connectivity index (χ3n) is 0. The average molecular weight is 233 g/mol. The fraction of sp³-hybridized carbons (Fsp3) is 0. The Hall–Kier alpha value is 2.33. The van der Waals surface area contributed by atoms with Crippen molar-refractivity contribution < 1.29 is 59.3 Å². The van der Waals surface area contributed by atoms with E-state index in [9.17, 15) is 0 Å². The van der Waals surface area contributed by atoms with Gasteiger partial charge in [0.1, 0.15) is 0 Å². The molecule has 0 fully saturated rings. The van der Waals surface area contributed by atoms with Crippen molar-refractivity contribution in [2.24, 2.45) is 0 Å². The Morgan fingerprint density at radius 1 is 1.00 bits per heavy atom. The van der Waals surface area contributed by atoms with E-state index in [1.165, 1.54) is 0 Å². The summed E-state index contributed by atoms with van der Waals surface area (Å²) in [4.78, 5) is 0. The minimum atomic E-state index is 0. The smallest absolute Gasteiger partial charge is 0 e. The molecule has 0 nitrogen and oxygen atoms in total. The van der Waals surface area contributed by atoms with Crippen molar-refractivity contribution in [3.05, 3.63) is 0 Å². The number of hydrogen-bond donors (Lipinski definition) is 0. The minimum Gasteiger partial charge on any atom is 0 e. The molecule has 0 bridgehead atoms. The van der Waals surface area contributed by atoms with Crippen LogP contribution in [0, 0.1) is 0 Å². The Kier molecular flexibility index (Phi) is 153. The normalized spacial score (nSPS) is 0. The second-order valence-corrected chi connectivity index (χ2v) is 0. The summed E-state index contributed by atoms with van der Waals surface area (Å²) < 4.78 is 0. The third-order valence-corrected chi connectivity index (χ3v) is 0. The van der Waals surface area contributed by atoms with Gasteiger partial charge in [-0.1, -0.05) is 0 Å². The van der Waals surface area contributed by atoms with Crippen molar-refractivity contribution in [2.45, 2.75) is 0 Å². The van der Waals surface area contributed by atoms with E-state index in [0.29, 0.717) is 0 Å². The van der Waals surface area contributed by atoms with Gasteiger partial charge in [0.25, 0.3) is 0 Å². The van der Waals surface area contributed by atoms with Crippen LogP contribution in [0.25, 0.3) is 0 Å². The maximum atomic E-state index is 0. The van der Waals surface area contributed by atoms with Gasteiger partial charge < -0.3 is 0 Å². The van der Waals surface area contributed by atoms with E-state index < -0.39 is 0 Å². The molecule has 0 unspecified atom stereocenters. The first-order chi connectivity index (χ1) is 0. The summed E-state index contributed by atoms with van der Waals surface area (Å²) in [6.45, 7) is 0. The van der Waals surface area contributed by atoms with Crippen LogP contribution in [0.5, 0.6) is 0 Å². The van der Waals surface area contributed by atoms with Crippen molar-refractivity contribution in [1.82, 2.24) is 0 Å². The standard InChI is InChI=1S/Mo.Ni.P.Ti. The summed E-state index contributed by atoms with van der Waals surface area (Å²) >= 11 is 0. The molecule has 0 heterocycles. The van der Waals surface area contributed by atoms with Crippen LogP contribution in [-0.4, -0.2) is 0 Å². The summed E-state index contributed by atoms with van der Waals surface area (Å²) in [6.07, 6.45) is 0. The molecule has 0 saturated carbocycles. The van der Waals surface area contributed by atoms with Crippen LogP contribution >= 0.6 is 9.90 Å². The van der Waals surface area contributed by atoms with E-state index in [0.717, 1.165) is 0 Å². The first-order valence-corrected chi connectivity index (χ1v) is 0. The molecule has 0 N–H and O–H groups in total. The summed E-state index contributed by atoms with van der Waals surface area (Å²) in [5.74, 6) is 0. The minimum absolute atomic E-state index is 0. The molecular formula is MoNiPTi. The molecule has 0 aliphatic heterocycles. The topological polar surface area (TPSA) is 0 Å². The molecule has 0 amide bonds. The number of rotatable bonds is 0. The second kappa shape index (κ2) is 18.4. The Morgan fingerprint density at radius 3 is 1.00 bits per heavy atom. The molecule has 0 rings (SSSR count). The molecule has 3 radical (unpaired) electrons. The van der Waals surface area contributed by atoms with Crippen LogP contribution in [0.15, 0.2) is 0 Å². The van der Waals surface area contributed by atoms with Gasteiger partial charge in [-0.15, -0.1) is 0 Å². The van der Waals surface area contributed by atoms with Gasteiger partial charge in [0, 0.05) is 69.2 Å². The average Bonchev–Trinajstić information content (AvgIpc) is 0. The molecular weight excluding hydrogens is 233 g/mol. The maximum Gasteiger partial charge on any atom is 0 e. The molecule has 4 heavy (non-hydrogen) atoms. The molecule has 0 aliphatic carbocycles. The Labute approximate surface area is 68.6 Å². The molecule has 0 atom stereocenters. The van der Waals surface area contributed by atoms with Gasteiger partial charge in [-0.25, -0.2) is 0 Å². The molecule has 0 aromatic heterocycles. The first-order valence-electron chi connectivity index (χ1n) is 0. The first kappa shape index (κ1) is 33.2. The van der Waals surface area contributed by atoms with E-state index in [-0.39, 0.29) is 69.2 Å². The summed E-state index contributed by atoms with van der Waals surface area (Å²) in [7, 11) is 0. The molecule has 0 saturated heterocycles. The predicted molar refractivity (Wildman–Crippen MR) is 6.92 cm³/mol. The van der Waals surface area contributed by atoms with E-state index in [2.05, 4.69) is 0 Å². The summed E-state index contributed by atoms with van der Waals surface area (Å²) in [5, 5.41) is 0. The molecule has 0 spiro atoms. The fourth-order valence-electron chi connectivity index (χ4n) is 0. The van der Waals surface area contributed by atoms with E-state index in [1.807, 2.05) is 0 Å². The van der Waals surface area contributed by atoms with Crippen LogP contribution < -0.4 is 0 Å². The Bertz CT molecular complexity index is 8.00. The molecule has 4 heteroatoms. The zero-order valence-corrected chi connectivity index (χ0v) is 7.12. The molecule has 25 valence electrons. The SMILES string of the molecule is [Mo].[Ni].[P].[Ti].